The minimum atomic E-state index is -4.64. The molecule has 10 heteroatoms. The molecule has 0 bridgehead atoms. The van der Waals surface area contributed by atoms with Crippen molar-refractivity contribution in [3.63, 3.8) is 0 Å². The highest BCUT2D eigenvalue weighted by Crippen LogP contribution is 2.34. The summed E-state index contributed by atoms with van der Waals surface area (Å²) in [6.07, 6.45) is 0.373. The van der Waals surface area contributed by atoms with Gasteiger partial charge < -0.3 is 21.7 Å². The third-order valence-corrected chi connectivity index (χ3v) is 6.77. The first-order valence-electron chi connectivity index (χ1n) is 12.7. The van der Waals surface area contributed by atoms with Gasteiger partial charge in [0.1, 0.15) is 11.7 Å². The lowest BCUT2D eigenvalue weighted by Gasteiger charge is -2.20. The fourth-order valence-corrected chi connectivity index (χ4v) is 4.58. The number of nitrogens with one attached hydrogen (secondary N) is 2. The molecule has 40 heavy (non-hydrogen) atoms. The van der Waals surface area contributed by atoms with Crippen LogP contribution in [0.25, 0.3) is 5.57 Å². The summed E-state index contributed by atoms with van der Waals surface area (Å²) in [6.45, 7) is 4.57. The lowest BCUT2D eigenvalue weighted by molar-refractivity contribution is -0.137. The van der Waals surface area contributed by atoms with Gasteiger partial charge in [-0.25, -0.2) is 4.98 Å². The van der Waals surface area contributed by atoms with Crippen molar-refractivity contribution in [1.29, 1.82) is 5.41 Å². The van der Waals surface area contributed by atoms with Crippen LogP contribution in [0.1, 0.15) is 45.1 Å². The zero-order chi connectivity index (χ0) is 29.0. The topological polar surface area (TPSA) is 121 Å². The van der Waals surface area contributed by atoms with E-state index in [0.29, 0.717) is 24.2 Å². The van der Waals surface area contributed by atoms with Gasteiger partial charge in [-0.05, 0) is 60.7 Å². The fraction of sp³-hybridized carbons (Fsp3) is 0.233. The number of nitrogens with two attached hydrogens (primary N) is 2. The second kappa shape index (κ2) is 11.7. The fourth-order valence-electron chi connectivity index (χ4n) is 4.58. The van der Waals surface area contributed by atoms with Crippen LogP contribution < -0.4 is 21.7 Å². The van der Waals surface area contributed by atoms with Gasteiger partial charge in [0.2, 0.25) is 0 Å². The number of hydrogen-bond donors (Lipinski definition) is 4. The highest BCUT2D eigenvalue weighted by Gasteiger charge is 2.34. The number of allylic oxidation sites excluding steroid dienone is 3. The number of aromatic nitrogens is 1. The van der Waals surface area contributed by atoms with Gasteiger partial charge in [-0.2, -0.15) is 13.2 Å². The van der Waals surface area contributed by atoms with E-state index in [0.717, 1.165) is 40.1 Å². The Labute approximate surface area is 230 Å². The second-order valence-electron chi connectivity index (χ2n) is 9.54. The number of benzene rings is 2. The van der Waals surface area contributed by atoms with Crippen LogP contribution in [-0.4, -0.2) is 29.8 Å². The predicted molar refractivity (Wildman–Crippen MR) is 152 cm³/mol. The number of carbonyl (C=O) groups is 1. The second-order valence-corrected chi connectivity index (χ2v) is 9.54. The monoisotopic (exact) mass is 548 g/mol. The third kappa shape index (κ3) is 6.23. The first kappa shape index (κ1) is 28.6. The number of rotatable bonds is 8. The smallest absolute Gasteiger partial charge is 0.384 e. The minimum absolute atomic E-state index is 0.0776. The molecular formula is C30H31F3N6O. The van der Waals surface area contributed by atoms with Crippen molar-refractivity contribution in [2.45, 2.75) is 33.0 Å². The van der Waals surface area contributed by atoms with E-state index in [1.54, 1.807) is 6.08 Å². The molecule has 0 radical (unpaired) electrons. The van der Waals surface area contributed by atoms with E-state index in [2.05, 4.69) is 10.3 Å². The number of amides is 1. The maximum Gasteiger partial charge on any atom is 0.417 e. The Kier molecular flexibility index (Phi) is 8.39. The molecule has 1 aliphatic rings. The number of nitrogens with zero attached hydrogens (tertiary/aromatic N) is 2. The Hall–Kier alpha value is -4.44. The zero-order valence-corrected chi connectivity index (χ0v) is 22.3. The highest BCUT2D eigenvalue weighted by molar-refractivity contribution is 6.10. The SMILES string of the molecule is C/C=C(\C=C(/CN)C(=N)N)c1ccc(CNc2ncc(C(F)(F)F)cc2C(=O)N2CCc3cc(C)ccc32)cc1. The Bertz CT molecular complexity index is 1490. The summed E-state index contributed by atoms with van der Waals surface area (Å²) < 4.78 is 40.6. The van der Waals surface area contributed by atoms with Crippen LogP contribution in [0, 0.1) is 12.3 Å². The first-order valence-corrected chi connectivity index (χ1v) is 12.7. The minimum Gasteiger partial charge on any atom is -0.384 e. The largest absolute Gasteiger partial charge is 0.417 e. The van der Waals surface area contributed by atoms with Crippen LogP contribution in [0.15, 0.2) is 72.5 Å². The molecule has 7 nitrogen and oxygen atoms in total. The van der Waals surface area contributed by atoms with E-state index >= 15 is 0 Å². The van der Waals surface area contributed by atoms with Crippen molar-refractivity contribution >= 4 is 28.8 Å². The Morgan fingerprint density at radius 3 is 2.52 bits per heavy atom. The Balaban J connectivity index is 1.58. The molecule has 0 aliphatic carbocycles. The molecule has 0 saturated carbocycles. The van der Waals surface area contributed by atoms with Crippen molar-refractivity contribution in [3.05, 3.63) is 106 Å². The molecule has 0 atom stereocenters. The summed E-state index contributed by atoms with van der Waals surface area (Å²) in [6, 6.07) is 14.0. The lowest BCUT2D eigenvalue weighted by Crippen LogP contribution is -2.30. The van der Waals surface area contributed by atoms with Gasteiger partial charge >= 0.3 is 6.18 Å². The van der Waals surface area contributed by atoms with Crippen LogP contribution in [0.5, 0.6) is 0 Å². The molecule has 2 heterocycles. The summed E-state index contributed by atoms with van der Waals surface area (Å²) in [5.41, 5.74) is 16.0. The van der Waals surface area contributed by atoms with E-state index in [4.69, 9.17) is 16.9 Å². The molecule has 2 aromatic carbocycles. The van der Waals surface area contributed by atoms with E-state index in [1.807, 2.05) is 62.4 Å². The van der Waals surface area contributed by atoms with Crippen molar-refractivity contribution < 1.29 is 18.0 Å². The number of anilines is 2. The number of hydrogen-bond acceptors (Lipinski definition) is 5. The molecule has 208 valence electrons. The van der Waals surface area contributed by atoms with Crippen molar-refractivity contribution in [1.82, 2.24) is 4.98 Å². The predicted octanol–water partition coefficient (Wildman–Crippen LogP) is 5.45. The number of pyridine rings is 1. The molecule has 1 amide bonds. The first-order chi connectivity index (χ1) is 19.0. The number of alkyl halides is 3. The summed E-state index contributed by atoms with van der Waals surface area (Å²) in [7, 11) is 0. The molecule has 1 aliphatic heterocycles. The Morgan fingerprint density at radius 2 is 1.90 bits per heavy atom. The molecule has 0 spiro atoms. The van der Waals surface area contributed by atoms with E-state index in [9.17, 15) is 18.0 Å². The molecule has 4 rings (SSSR count). The van der Waals surface area contributed by atoms with Crippen molar-refractivity contribution in [2.24, 2.45) is 11.5 Å². The standard InChI is InChI=1S/C30H31F3N6O/c1-3-20(13-23(15-34)27(35)36)21-7-5-19(6-8-21)16-37-28-25(14-24(17-38-28)30(31,32)33)29(40)39-11-10-22-12-18(2)4-9-26(22)39/h3-9,12-14,17H,10-11,15-16,34H2,1-2H3,(H3,35,36)(H,37,38)/b20-3+,23-13+. The normalized spacial score (nSPS) is 13.8. The van der Waals surface area contributed by atoms with E-state index in [-0.39, 0.29) is 30.3 Å². The summed E-state index contributed by atoms with van der Waals surface area (Å²) in [5.74, 6) is -0.553. The van der Waals surface area contributed by atoms with Crippen LogP contribution >= 0.6 is 0 Å². The lowest BCUT2D eigenvalue weighted by atomic mass is 10.0. The number of aryl methyl sites for hydroxylation is 1. The number of carbonyl (C=O) groups excluding carboxylic acids is 1. The number of amidine groups is 1. The maximum atomic E-state index is 13.6. The molecule has 0 fully saturated rings. The van der Waals surface area contributed by atoms with Crippen LogP contribution in [0.2, 0.25) is 0 Å². The van der Waals surface area contributed by atoms with Gasteiger partial charge in [0.05, 0.1) is 11.1 Å². The molecule has 0 saturated heterocycles. The van der Waals surface area contributed by atoms with Gasteiger partial charge in [-0.1, -0.05) is 48.0 Å². The van der Waals surface area contributed by atoms with Gasteiger partial charge in [-0.3, -0.25) is 10.2 Å². The number of halogens is 3. The van der Waals surface area contributed by atoms with Crippen LogP contribution in [0.4, 0.5) is 24.7 Å². The summed E-state index contributed by atoms with van der Waals surface area (Å²) in [4.78, 5) is 19.1. The molecular weight excluding hydrogens is 517 g/mol. The molecule has 3 aromatic rings. The maximum absolute atomic E-state index is 13.6. The van der Waals surface area contributed by atoms with Gasteiger partial charge in [0.25, 0.3) is 5.91 Å². The summed E-state index contributed by atoms with van der Waals surface area (Å²) >= 11 is 0. The third-order valence-electron chi connectivity index (χ3n) is 6.77. The quantitative estimate of drug-likeness (QED) is 0.170. The molecule has 1 aromatic heterocycles. The zero-order valence-electron chi connectivity index (χ0n) is 22.3. The van der Waals surface area contributed by atoms with Crippen LogP contribution in [0.3, 0.4) is 0 Å². The highest BCUT2D eigenvalue weighted by atomic mass is 19.4. The van der Waals surface area contributed by atoms with Crippen molar-refractivity contribution in [3.8, 4) is 0 Å². The Morgan fingerprint density at radius 1 is 1.18 bits per heavy atom. The summed E-state index contributed by atoms with van der Waals surface area (Å²) in [5, 5.41) is 10.7. The van der Waals surface area contributed by atoms with E-state index < -0.39 is 17.6 Å². The van der Waals surface area contributed by atoms with Gasteiger partial charge in [-0.15, -0.1) is 0 Å². The van der Waals surface area contributed by atoms with Crippen LogP contribution in [-0.2, 0) is 19.1 Å². The van der Waals surface area contributed by atoms with Gasteiger partial charge in [0, 0.05) is 37.1 Å². The molecule has 0 unspecified atom stereocenters. The van der Waals surface area contributed by atoms with E-state index in [1.165, 1.54) is 4.90 Å². The average Bonchev–Trinajstić information content (AvgIpc) is 3.34. The number of fused-ring (bicyclic) bond motifs is 1. The van der Waals surface area contributed by atoms with Crippen molar-refractivity contribution in [2.75, 3.05) is 23.3 Å². The molecule has 6 N–H and O–H groups in total. The van der Waals surface area contributed by atoms with Gasteiger partial charge in [0.15, 0.2) is 0 Å². The average molecular weight is 549 g/mol.